The molecule has 1 saturated heterocycles. The number of allylic oxidation sites excluding steroid dienone is 2. The molecule has 0 saturated carbocycles. The zero-order valence-electron chi connectivity index (χ0n) is 8.34. The average molecular weight is 178 g/mol. The Morgan fingerprint density at radius 1 is 1.31 bits per heavy atom. The Hall–Kier alpha value is -1.18. The van der Waals surface area contributed by atoms with E-state index < -0.39 is 0 Å². The number of nitrogens with two attached hydrogens (primary N) is 1. The molecule has 1 aliphatic heterocycles. The summed E-state index contributed by atoms with van der Waals surface area (Å²) in [6.45, 7) is 11.8. The van der Waals surface area contributed by atoms with E-state index in [1.54, 1.807) is 0 Å². The largest absolute Gasteiger partial charge is 0.398 e. The molecule has 72 valence electrons. The lowest BCUT2D eigenvalue weighted by Crippen LogP contribution is -2.22. The molecule has 2 nitrogen and oxygen atoms in total. The molecule has 1 heterocycles. The molecule has 1 aliphatic rings. The molecule has 2 heteroatoms. The van der Waals surface area contributed by atoms with Crippen LogP contribution < -0.4 is 5.73 Å². The van der Waals surface area contributed by atoms with Crippen molar-refractivity contribution in [3.63, 3.8) is 0 Å². The Balaban J connectivity index is 2.78. The Morgan fingerprint density at radius 3 is 2.23 bits per heavy atom. The van der Waals surface area contributed by atoms with Gasteiger partial charge in [0.15, 0.2) is 0 Å². The first-order chi connectivity index (χ1) is 6.11. The fourth-order valence-corrected chi connectivity index (χ4v) is 1.58. The molecule has 13 heavy (non-hydrogen) atoms. The third kappa shape index (κ3) is 2.65. The van der Waals surface area contributed by atoms with Crippen LogP contribution in [-0.4, -0.2) is 18.0 Å². The summed E-state index contributed by atoms with van der Waals surface area (Å²) >= 11 is 0. The van der Waals surface area contributed by atoms with Crippen molar-refractivity contribution in [2.24, 2.45) is 5.73 Å². The predicted octanol–water partition coefficient (Wildman–Crippen LogP) is 2.01. The summed E-state index contributed by atoms with van der Waals surface area (Å²) in [5.41, 5.74) is 8.43. The quantitative estimate of drug-likeness (QED) is 0.670. The maximum absolute atomic E-state index is 5.72. The molecule has 0 aromatic carbocycles. The molecular formula is C11H18N2. The minimum Gasteiger partial charge on any atom is -0.398 e. The summed E-state index contributed by atoms with van der Waals surface area (Å²) in [4.78, 5) is 2.27. The third-order valence-corrected chi connectivity index (χ3v) is 2.16. The second-order valence-electron chi connectivity index (χ2n) is 3.60. The summed E-state index contributed by atoms with van der Waals surface area (Å²) in [6, 6.07) is 0. The molecule has 0 atom stereocenters. The van der Waals surface area contributed by atoms with E-state index in [4.69, 9.17) is 5.73 Å². The van der Waals surface area contributed by atoms with Gasteiger partial charge >= 0.3 is 0 Å². The first-order valence-corrected chi connectivity index (χ1v) is 4.68. The van der Waals surface area contributed by atoms with Crippen molar-refractivity contribution in [1.82, 2.24) is 4.90 Å². The molecule has 0 bridgehead atoms. The molecule has 0 aliphatic carbocycles. The molecule has 0 aromatic rings. The maximum Gasteiger partial charge on any atom is 0.0596 e. The molecule has 1 rings (SSSR count). The van der Waals surface area contributed by atoms with E-state index in [-0.39, 0.29) is 0 Å². The fourth-order valence-electron chi connectivity index (χ4n) is 1.58. The van der Waals surface area contributed by atoms with Gasteiger partial charge in [0.25, 0.3) is 0 Å². The molecule has 2 N–H and O–H groups in total. The van der Waals surface area contributed by atoms with Crippen molar-refractivity contribution in [2.75, 3.05) is 13.1 Å². The van der Waals surface area contributed by atoms with Crippen molar-refractivity contribution in [1.29, 1.82) is 0 Å². The lowest BCUT2D eigenvalue weighted by molar-refractivity contribution is 0.433. The minimum atomic E-state index is 0.643. The highest BCUT2D eigenvalue weighted by Crippen LogP contribution is 2.18. The van der Waals surface area contributed by atoms with Gasteiger partial charge in [-0.2, -0.15) is 0 Å². The highest BCUT2D eigenvalue weighted by Gasteiger charge is 2.15. The van der Waals surface area contributed by atoms with E-state index in [0.29, 0.717) is 5.70 Å². The summed E-state index contributed by atoms with van der Waals surface area (Å²) in [6.07, 6.45) is 4.51. The van der Waals surface area contributed by atoms with Gasteiger partial charge in [-0.3, -0.25) is 0 Å². The van der Waals surface area contributed by atoms with Crippen LogP contribution >= 0.6 is 0 Å². The fraction of sp³-hybridized carbons (Fsp3) is 0.455. The van der Waals surface area contributed by atoms with Gasteiger partial charge in [-0.05, 0) is 25.8 Å². The zero-order valence-corrected chi connectivity index (χ0v) is 8.34. The van der Waals surface area contributed by atoms with Crippen LogP contribution in [-0.2, 0) is 0 Å². The molecule has 0 radical (unpaired) electrons. The van der Waals surface area contributed by atoms with Crippen LogP contribution in [0.3, 0.4) is 0 Å². The van der Waals surface area contributed by atoms with Gasteiger partial charge in [0.2, 0.25) is 0 Å². The van der Waals surface area contributed by atoms with Gasteiger partial charge in [0, 0.05) is 18.8 Å². The van der Waals surface area contributed by atoms with Crippen LogP contribution in [0.25, 0.3) is 0 Å². The Morgan fingerprint density at radius 2 is 1.85 bits per heavy atom. The normalized spacial score (nSPS) is 17.6. The SMILES string of the molecule is C=C(C)/C=C(/C(=C)N)N1CCCC1. The van der Waals surface area contributed by atoms with Crippen molar-refractivity contribution >= 4 is 0 Å². The summed E-state index contributed by atoms with van der Waals surface area (Å²) in [5, 5.41) is 0. The van der Waals surface area contributed by atoms with Crippen molar-refractivity contribution in [2.45, 2.75) is 19.8 Å². The van der Waals surface area contributed by atoms with Gasteiger partial charge in [-0.1, -0.05) is 18.7 Å². The summed E-state index contributed by atoms with van der Waals surface area (Å²) in [5.74, 6) is 0. The topological polar surface area (TPSA) is 29.3 Å². The average Bonchev–Trinajstić information content (AvgIpc) is 2.50. The summed E-state index contributed by atoms with van der Waals surface area (Å²) in [7, 11) is 0. The highest BCUT2D eigenvalue weighted by molar-refractivity contribution is 5.31. The Labute approximate surface area is 80.4 Å². The smallest absolute Gasteiger partial charge is 0.0596 e. The molecule has 0 unspecified atom stereocenters. The number of hydrogen-bond donors (Lipinski definition) is 1. The molecule has 1 fully saturated rings. The molecule has 0 amide bonds. The standard InChI is InChI=1S/C11H18N2/c1-9(2)8-11(10(3)12)13-6-4-5-7-13/h8H,1,3-7,12H2,2H3/b11-8-. The first-order valence-electron chi connectivity index (χ1n) is 4.68. The van der Waals surface area contributed by atoms with Gasteiger partial charge in [0.05, 0.1) is 5.70 Å². The lowest BCUT2D eigenvalue weighted by Gasteiger charge is -2.21. The van der Waals surface area contributed by atoms with Crippen LogP contribution in [0.1, 0.15) is 19.8 Å². The monoisotopic (exact) mass is 178 g/mol. The highest BCUT2D eigenvalue weighted by atomic mass is 15.2. The second-order valence-corrected chi connectivity index (χ2v) is 3.60. The van der Waals surface area contributed by atoms with Gasteiger partial charge in [-0.25, -0.2) is 0 Å². The van der Waals surface area contributed by atoms with E-state index in [1.165, 1.54) is 12.8 Å². The lowest BCUT2D eigenvalue weighted by atomic mass is 10.2. The van der Waals surface area contributed by atoms with Crippen LogP contribution in [0.4, 0.5) is 0 Å². The maximum atomic E-state index is 5.72. The van der Waals surface area contributed by atoms with Gasteiger partial charge in [-0.15, -0.1) is 0 Å². The van der Waals surface area contributed by atoms with E-state index in [0.717, 1.165) is 24.4 Å². The minimum absolute atomic E-state index is 0.643. The second kappa shape index (κ2) is 4.17. The van der Waals surface area contributed by atoms with Crippen LogP contribution in [0.2, 0.25) is 0 Å². The van der Waals surface area contributed by atoms with Crippen molar-refractivity contribution in [3.05, 3.63) is 36.2 Å². The Kier molecular flexibility index (Phi) is 3.18. The van der Waals surface area contributed by atoms with E-state index in [9.17, 15) is 0 Å². The van der Waals surface area contributed by atoms with Crippen LogP contribution in [0, 0.1) is 0 Å². The summed E-state index contributed by atoms with van der Waals surface area (Å²) < 4.78 is 0. The Bertz CT molecular complexity index is 245. The van der Waals surface area contributed by atoms with Crippen LogP contribution in [0.5, 0.6) is 0 Å². The predicted molar refractivity (Wildman–Crippen MR) is 57.0 cm³/mol. The zero-order chi connectivity index (χ0) is 9.84. The number of rotatable bonds is 3. The molecular weight excluding hydrogens is 160 g/mol. The molecule has 0 aromatic heterocycles. The van der Waals surface area contributed by atoms with E-state index >= 15 is 0 Å². The van der Waals surface area contributed by atoms with Crippen molar-refractivity contribution in [3.8, 4) is 0 Å². The number of hydrogen-bond acceptors (Lipinski definition) is 2. The van der Waals surface area contributed by atoms with Crippen molar-refractivity contribution < 1.29 is 0 Å². The third-order valence-electron chi connectivity index (χ3n) is 2.16. The van der Waals surface area contributed by atoms with E-state index in [2.05, 4.69) is 18.1 Å². The molecule has 0 spiro atoms. The van der Waals surface area contributed by atoms with Crippen LogP contribution in [0.15, 0.2) is 36.2 Å². The van der Waals surface area contributed by atoms with Gasteiger partial charge in [0.1, 0.15) is 0 Å². The van der Waals surface area contributed by atoms with E-state index in [1.807, 2.05) is 13.0 Å². The first kappa shape index (κ1) is 9.90. The number of nitrogens with zero attached hydrogens (tertiary/aromatic N) is 1. The van der Waals surface area contributed by atoms with Gasteiger partial charge < -0.3 is 10.6 Å². The number of likely N-dealkylation sites (tertiary alicyclic amines) is 1.